The molecule has 0 aromatic carbocycles. The summed E-state index contributed by atoms with van der Waals surface area (Å²) in [5.41, 5.74) is 4.12. The van der Waals surface area contributed by atoms with Gasteiger partial charge >= 0.3 is 0 Å². The molecule has 0 bridgehead atoms. The second-order valence-electron chi connectivity index (χ2n) is 6.72. The van der Waals surface area contributed by atoms with Gasteiger partial charge in [0.2, 0.25) is 5.91 Å². The first-order valence-electron chi connectivity index (χ1n) is 8.61. The van der Waals surface area contributed by atoms with E-state index in [2.05, 4.69) is 14.5 Å². The first-order chi connectivity index (χ1) is 12.0. The van der Waals surface area contributed by atoms with Gasteiger partial charge in [-0.1, -0.05) is 0 Å². The SMILES string of the molecule is CC(=O)N1CC[C@H](c2ccnc3c(Cn4ccnc4C)c(C)nn23)C1. The summed E-state index contributed by atoms with van der Waals surface area (Å²) in [5, 5.41) is 4.75. The van der Waals surface area contributed by atoms with Gasteiger partial charge in [-0.15, -0.1) is 0 Å². The number of carbonyl (C=O) groups is 1. The van der Waals surface area contributed by atoms with Crippen molar-refractivity contribution in [1.82, 2.24) is 29.0 Å². The standard InChI is InChI=1S/C18H22N6O/c1-12-16(11-22-9-7-19-13(22)2)18-20-6-4-17(24(18)21-12)15-5-8-23(10-15)14(3)25/h4,6-7,9,15H,5,8,10-11H2,1-3H3/t15-/m0/s1. The highest BCUT2D eigenvalue weighted by molar-refractivity contribution is 5.73. The van der Waals surface area contributed by atoms with E-state index in [1.165, 1.54) is 0 Å². The molecule has 0 radical (unpaired) electrons. The normalized spacial score (nSPS) is 17.6. The summed E-state index contributed by atoms with van der Waals surface area (Å²) in [7, 11) is 0. The van der Waals surface area contributed by atoms with Crippen LogP contribution in [0.4, 0.5) is 0 Å². The molecule has 130 valence electrons. The van der Waals surface area contributed by atoms with Crippen LogP contribution in [0.3, 0.4) is 0 Å². The van der Waals surface area contributed by atoms with Gasteiger partial charge in [-0.25, -0.2) is 14.5 Å². The summed E-state index contributed by atoms with van der Waals surface area (Å²) in [6.07, 6.45) is 6.61. The smallest absolute Gasteiger partial charge is 0.219 e. The molecule has 25 heavy (non-hydrogen) atoms. The van der Waals surface area contributed by atoms with Crippen LogP contribution in [0.1, 0.15) is 42.0 Å². The minimum absolute atomic E-state index is 0.140. The van der Waals surface area contributed by atoms with Crippen molar-refractivity contribution in [2.45, 2.75) is 39.7 Å². The van der Waals surface area contributed by atoms with Gasteiger partial charge in [-0.3, -0.25) is 4.79 Å². The maximum absolute atomic E-state index is 11.6. The molecule has 1 amide bonds. The number of nitrogens with zero attached hydrogens (tertiary/aromatic N) is 6. The second kappa shape index (κ2) is 5.98. The van der Waals surface area contributed by atoms with Gasteiger partial charge in [0.15, 0.2) is 5.65 Å². The third-order valence-electron chi connectivity index (χ3n) is 5.15. The lowest BCUT2D eigenvalue weighted by atomic mass is 10.0. The molecule has 7 nitrogen and oxygen atoms in total. The van der Waals surface area contributed by atoms with Crippen LogP contribution in [0.5, 0.6) is 0 Å². The number of imidazole rings is 1. The Morgan fingerprint density at radius 3 is 2.80 bits per heavy atom. The van der Waals surface area contributed by atoms with Gasteiger partial charge in [0.1, 0.15) is 5.82 Å². The fourth-order valence-corrected chi connectivity index (χ4v) is 3.64. The van der Waals surface area contributed by atoms with Crippen LogP contribution in [0.2, 0.25) is 0 Å². The number of aromatic nitrogens is 5. The minimum atomic E-state index is 0.140. The molecule has 1 saturated heterocycles. The Balaban J connectivity index is 1.73. The molecule has 0 N–H and O–H groups in total. The van der Waals surface area contributed by atoms with Crippen LogP contribution >= 0.6 is 0 Å². The van der Waals surface area contributed by atoms with E-state index >= 15 is 0 Å². The highest BCUT2D eigenvalue weighted by atomic mass is 16.2. The van der Waals surface area contributed by atoms with Crippen LogP contribution in [-0.2, 0) is 11.3 Å². The molecular formula is C18H22N6O. The van der Waals surface area contributed by atoms with E-state index in [4.69, 9.17) is 5.10 Å². The monoisotopic (exact) mass is 338 g/mol. The lowest BCUT2D eigenvalue weighted by Gasteiger charge is -2.14. The largest absolute Gasteiger partial charge is 0.342 e. The molecule has 1 fully saturated rings. The Morgan fingerprint density at radius 2 is 2.12 bits per heavy atom. The van der Waals surface area contributed by atoms with Crippen molar-refractivity contribution in [1.29, 1.82) is 0 Å². The summed E-state index contributed by atoms with van der Waals surface area (Å²) in [4.78, 5) is 22.4. The fraction of sp³-hybridized carbons (Fsp3) is 0.444. The zero-order chi connectivity index (χ0) is 17.6. The summed E-state index contributed by atoms with van der Waals surface area (Å²) in [5.74, 6) is 1.42. The maximum atomic E-state index is 11.6. The predicted octanol–water partition coefficient (Wildman–Crippen LogP) is 1.93. The predicted molar refractivity (Wildman–Crippen MR) is 93.4 cm³/mol. The van der Waals surface area contributed by atoms with Crippen molar-refractivity contribution in [3.05, 3.63) is 47.4 Å². The molecule has 0 aliphatic carbocycles. The molecule has 0 saturated carbocycles. The molecule has 3 aromatic heterocycles. The summed E-state index contributed by atoms with van der Waals surface area (Å²) in [6, 6.07) is 2.03. The van der Waals surface area contributed by atoms with Crippen molar-refractivity contribution >= 4 is 11.6 Å². The van der Waals surface area contributed by atoms with Crippen LogP contribution in [0.15, 0.2) is 24.7 Å². The Kier molecular flexibility index (Phi) is 3.78. The molecule has 1 aliphatic heterocycles. The van der Waals surface area contributed by atoms with Gasteiger partial charge in [-0.2, -0.15) is 5.10 Å². The Hall–Kier alpha value is -2.70. The summed E-state index contributed by atoms with van der Waals surface area (Å²) >= 11 is 0. The fourth-order valence-electron chi connectivity index (χ4n) is 3.64. The van der Waals surface area contributed by atoms with E-state index in [1.54, 1.807) is 6.92 Å². The Labute approximate surface area is 146 Å². The van der Waals surface area contributed by atoms with Gasteiger partial charge in [-0.05, 0) is 26.3 Å². The highest BCUT2D eigenvalue weighted by Crippen LogP contribution is 2.28. The summed E-state index contributed by atoms with van der Waals surface area (Å²) in [6.45, 7) is 7.93. The molecule has 0 spiro atoms. The van der Waals surface area contributed by atoms with Crippen molar-refractivity contribution in [3.63, 3.8) is 0 Å². The zero-order valence-electron chi connectivity index (χ0n) is 14.8. The molecule has 7 heteroatoms. The van der Waals surface area contributed by atoms with Crippen LogP contribution in [0.25, 0.3) is 5.65 Å². The first-order valence-corrected chi connectivity index (χ1v) is 8.61. The molecular weight excluding hydrogens is 316 g/mol. The number of hydrogen-bond acceptors (Lipinski definition) is 4. The number of carbonyl (C=O) groups excluding carboxylic acids is 1. The third-order valence-corrected chi connectivity index (χ3v) is 5.15. The van der Waals surface area contributed by atoms with E-state index in [0.717, 1.165) is 47.9 Å². The van der Waals surface area contributed by atoms with Gasteiger partial charge in [0.25, 0.3) is 0 Å². The van der Waals surface area contributed by atoms with Crippen LogP contribution in [-0.4, -0.2) is 48.0 Å². The van der Waals surface area contributed by atoms with E-state index in [1.807, 2.05) is 47.9 Å². The van der Waals surface area contributed by atoms with Crippen LogP contribution < -0.4 is 0 Å². The van der Waals surface area contributed by atoms with E-state index in [-0.39, 0.29) is 5.91 Å². The number of hydrogen-bond donors (Lipinski definition) is 0. The van der Waals surface area contributed by atoms with Crippen LogP contribution in [0, 0.1) is 13.8 Å². The molecule has 3 aromatic rings. The minimum Gasteiger partial charge on any atom is -0.342 e. The van der Waals surface area contributed by atoms with E-state index in [0.29, 0.717) is 12.5 Å². The molecule has 1 atom stereocenters. The van der Waals surface area contributed by atoms with Gasteiger partial charge in [0, 0.05) is 50.1 Å². The highest BCUT2D eigenvalue weighted by Gasteiger charge is 2.28. The number of rotatable bonds is 3. The van der Waals surface area contributed by atoms with Gasteiger partial charge < -0.3 is 9.47 Å². The molecule has 1 aliphatic rings. The number of likely N-dealkylation sites (tertiary alicyclic amines) is 1. The van der Waals surface area contributed by atoms with Crippen molar-refractivity contribution < 1.29 is 4.79 Å². The number of amides is 1. The Bertz CT molecular complexity index is 940. The summed E-state index contributed by atoms with van der Waals surface area (Å²) < 4.78 is 4.07. The third kappa shape index (κ3) is 2.69. The number of fused-ring (bicyclic) bond motifs is 1. The first kappa shape index (κ1) is 15.8. The average Bonchev–Trinajstić information content (AvgIpc) is 3.28. The van der Waals surface area contributed by atoms with E-state index < -0.39 is 0 Å². The second-order valence-corrected chi connectivity index (χ2v) is 6.72. The van der Waals surface area contributed by atoms with Crippen molar-refractivity contribution in [3.8, 4) is 0 Å². The van der Waals surface area contributed by atoms with Crippen molar-refractivity contribution in [2.24, 2.45) is 0 Å². The quantitative estimate of drug-likeness (QED) is 0.732. The number of aryl methyl sites for hydroxylation is 2. The molecule has 0 unspecified atom stereocenters. The van der Waals surface area contributed by atoms with E-state index in [9.17, 15) is 4.79 Å². The van der Waals surface area contributed by atoms with Crippen molar-refractivity contribution in [2.75, 3.05) is 13.1 Å². The lowest BCUT2D eigenvalue weighted by Crippen LogP contribution is -2.25. The molecule has 4 rings (SSSR count). The lowest BCUT2D eigenvalue weighted by molar-refractivity contribution is -0.127. The average molecular weight is 338 g/mol. The zero-order valence-corrected chi connectivity index (χ0v) is 14.8. The molecule has 4 heterocycles. The maximum Gasteiger partial charge on any atom is 0.219 e. The Morgan fingerprint density at radius 1 is 1.28 bits per heavy atom. The van der Waals surface area contributed by atoms with Gasteiger partial charge in [0.05, 0.1) is 17.9 Å². The topological polar surface area (TPSA) is 68.3 Å².